The zero-order valence-corrected chi connectivity index (χ0v) is 16.2. The van der Waals surface area contributed by atoms with E-state index in [1.165, 1.54) is 11.1 Å². The van der Waals surface area contributed by atoms with Gasteiger partial charge in [-0.2, -0.15) is 10.1 Å². The van der Waals surface area contributed by atoms with E-state index in [0.29, 0.717) is 24.0 Å². The summed E-state index contributed by atoms with van der Waals surface area (Å²) in [5.74, 6) is 1.07. The van der Waals surface area contributed by atoms with E-state index in [-0.39, 0.29) is 5.75 Å². The molecule has 0 spiro atoms. The molecule has 6 nitrogen and oxygen atoms in total. The van der Waals surface area contributed by atoms with Crippen molar-refractivity contribution in [1.82, 2.24) is 19.9 Å². The quantitative estimate of drug-likeness (QED) is 0.555. The summed E-state index contributed by atoms with van der Waals surface area (Å²) in [6.07, 6.45) is 0.865. The normalized spacial score (nSPS) is 11.1. The van der Waals surface area contributed by atoms with Crippen molar-refractivity contribution < 1.29 is 9.63 Å². The van der Waals surface area contributed by atoms with Crippen LogP contribution in [-0.2, 0) is 13.0 Å². The number of nitrogens with zero attached hydrogens (tertiary/aromatic N) is 4. The summed E-state index contributed by atoms with van der Waals surface area (Å²) >= 11 is 0. The number of benzene rings is 2. The fraction of sp³-hybridized carbons (Fsp3) is 0.227. The molecule has 4 aromatic rings. The van der Waals surface area contributed by atoms with Crippen molar-refractivity contribution in [2.75, 3.05) is 0 Å². The molecule has 0 saturated heterocycles. The molecule has 0 fully saturated rings. The van der Waals surface area contributed by atoms with Gasteiger partial charge in [0, 0.05) is 16.8 Å². The lowest BCUT2D eigenvalue weighted by atomic mass is 10.1. The second-order valence-electron chi connectivity index (χ2n) is 6.89. The zero-order valence-electron chi connectivity index (χ0n) is 16.2. The van der Waals surface area contributed by atoms with Crippen molar-refractivity contribution in [3.63, 3.8) is 0 Å². The number of phenolic OH excluding ortho intramolecular Hbond substituents is 1. The number of phenols is 1. The van der Waals surface area contributed by atoms with Crippen LogP contribution in [0.5, 0.6) is 5.75 Å². The van der Waals surface area contributed by atoms with Crippen LogP contribution in [0.4, 0.5) is 0 Å². The summed E-state index contributed by atoms with van der Waals surface area (Å²) in [5.41, 5.74) is 6.13. The molecule has 0 amide bonds. The largest absolute Gasteiger partial charge is 0.508 e. The summed E-state index contributed by atoms with van der Waals surface area (Å²) in [7, 11) is 0. The summed E-state index contributed by atoms with van der Waals surface area (Å²) in [4.78, 5) is 4.51. The molecular weight excluding hydrogens is 352 g/mol. The van der Waals surface area contributed by atoms with Crippen LogP contribution in [-0.4, -0.2) is 25.0 Å². The van der Waals surface area contributed by atoms with Gasteiger partial charge in [0.15, 0.2) is 5.69 Å². The molecule has 2 aromatic heterocycles. The number of aromatic hydroxyl groups is 1. The predicted octanol–water partition coefficient (Wildman–Crippen LogP) is 4.53. The van der Waals surface area contributed by atoms with E-state index in [9.17, 15) is 5.11 Å². The van der Waals surface area contributed by atoms with Crippen LogP contribution >= 0.6 is 0 Å². The Bertz CT molecular complexity index is 1090. The Balaban J connectivity index is 1.67. The van der Waals surface area contributed by atoms with E-state index in [1.54, 1.807) is 24.3 Å². The second-order valence-corrected chi connectivity index (χ2v) is 6.89. The third-order valence-electron chi connectivity index (χ3n) is 4.86. The summed E-state index contributed by atoms with van der Waals surface area (Å²) in [6, 6.07) is 15.2. The minimum Gasteiger partial charge on any atom is -0.508 e. The molecule has 2 aromatic carbocycles. The number of hydrogen-bond acceptors (Lipinski definition) is 5. The van der Waals surface area contributed by atoms with Crippen molar-refractivity contribution in [2.45, 2.75) is 33.7 Å². The third kappa shape index (κ3) is 3.41. The van der Waals surface area contributed by atoms with Crippen molar-refractivity contribution in [3.8, 4) is 28.7 Å². The molecule has 6 heteroatoms. The molecule has 0 aliphatic carbocycles. The number of aryl methyl sites for hydroxylation is 1. The minimum atomic E-state index is 0.200. The Morgan fingerprint density at radius 1 is 1.00 bits per heavy atom. The van der Waals surface area contributed by atoms with Gasteiger partial charge in [0.25, 0.3) is 5.89 Å². The molecule has 0 atom stereocenters. The highest BCUT2D eigenvalue weighted by Gasteiger charge is 2.20. The van der Waals surface area contributed by atoms with Gasteiger partial charge < -0.3 is 9.63 Å². The predicted molar refractivity (Wildman–Crippen MR) is 107 cm³/mol. The highest BCUT2D eigenvalue weighted by molar-refractivity contribution is 5.60. The SMILES string of the molecule is CCc1c(C)c(-c2nc(-c3ccc(O)cc3)no2)nn1Cc1ccc(C)cc1. The Kier molecular flexibility index (Phi) is 4.69. The molecule has 1 N–H and O–H groups in total. The summed E-state index contributed by atoms with van der Waals surface area (Å²) in [6.45, 7) is 6.94. The first-order valence-electron chi connectivity index (χ1n) is 9.30. The molecule has 2 heterocycles. The first-order chi connectivity index (χ1) is 13.5. The molecule has 0 saturated carbocycles. The molecule has 28 heavy (non-hydrogen) atoms. The highest BCUT2D eigenvalue weighted by Crippen LogP contribution is 2.27. The topological polar surface area (TPSA) is 77.0 Å². The van der Waals surface area contributed by atoms with Crippen LogP contribution in [0.15, 0.2) is 53.1 Å². The van der Waals surface area contributed by atoms with Gasteiger partial charge in [-0.1, -0.05) is 41.9 Å². The maximum absolute atomic E-state index is 9.44. The van der Waals surface area contributed by atoms with E-state index >= 15 is 0 Å². The van der Waals surface area contributed by atoms with Crippen LogP contribution in [0.25, 0.3) is 23.0 Å². The average molecular weight is 374 g/mol. The van der Waals surface area contributed by atoms with Gasteiger partial charge in [-0.25, -0.2) is 0 Å². The monoisotopic (exact) mass is 374 g/mol. The molecule has 0 bridgehead atoms. The summed E-state index contributed by atoms with van der Waals surface area (Å²) in [5, 5.41) is 18.3. The van der Waals surface area contributed by atoms with E-state index in [4.69, 9.17) is 9.62 Å². The van der Waals surface area contributed by atoms with E-state index in [2.05, 4.69) is 48.3 Å². The molecule has 0 aliphatic heterocycles. The van der Waals surface area contributed by atoms with E-state index < -0.39 is 0 Å². The number of hydrogen-bond donors (Lipinski definition) is 1. The van der Waals surface area contributed by atoms with Crippen molar-refractivity contribution in [1.29, 1.82) is 0 Å². The maximum atomic E-state index is 9.44. The van der Waals surface area contributed by atoms with Crippen LogP contribution < -0.4 is 0 Å². The van der Waals surface area contributed by atoms with Crippen molar-refractivity contribution in [2.24, 2.45) is 0 Å². The average Bonchev–Trinajstić information content (AvgIpc) is 3.29. The molecule has 4 rings (SSSR count). The third-order valence-corrected chi connectivity index (χ3v) is 4.86. The van der Waals surface area contributed by atoms with E-state index in [1.807, 2.05) is 11.6 Å². The highest BCUT2D eigenvalue weighted by atomic mass is 16.5. The minimum absolute atomic E-state index is 0.200. The zero-order chi connectivity index (χ0) is 19.7. The molecular formula is C22H22N4O2. The van der Waals surface area contributed by atoms with Gasteiger partial charge in [-0.3, -0.25) is 4.68 Å². The number of rotatable bonds is 5. The van der Waals surface area contributed by atoms with Gasteiger partial charge in [0.1, 0.15) is 5.75 Å². The van der Waals surface area contributed by atoms with Gasteiger partial charge in [0.05, 0.1) is 6.54 Å². The summed E-state index contributed by atoms with van der Waals surface area (Å²) < 4.78 is 7.51. The van der Waals surface area contributed by atoms with Crippen LogP contribution in [0, 0.1) is 13.8 Å². The molecule has 0 radical (unpaired) electrons. The van der Waals surface area contributed by atoms with Gasteiger partial charge in [0.2, 0.25) is 5.82 Å². The maximum Gasteiger partial charge on any atom is 0.279 e. The van der Waals surface area contributed by atoms with Gasteiger partial charge >= 0.3 is 0 Å². The Hall–Kier alpha value is -3.41. The van der Waals surface area contributed by atoms with Crippen molar-refractivity contribution >= 4 is 0 Å². The standard InChI is InChI=1S/C22H22N4O2/c1-4-19-15(3)20(24-26(19)13-16-7-5-14(2)6-8-16)22-23-21(25-28-22)17-9-11-18(27)12-10-17/h5-12,27H,4,13H2,1-3H3. The number of aromatic nitrogens is 4. The van der Waals surface area contributed by atoms with Crippen LogP contribution in [0.1, 0.15) is 29.3 Å². The smallest absolute Gasteiger partial charge is 0.279 e. The molecule has 0 unspecified atom stereocenters. The van der Waals surface area contributed by atoms with Gasteiger partial charge in [-0.15, -0.1) is 0 Å². The molecule has 0 aliphatic rings. The Morgan fingerprint density at radius 3 is 2.39 bits per heavy atom. The first kappa shape index (κ1) is 18.0. The molecule has 142 valence electrons. The Morgan fingerprint density at radius 2 is 1.71 bits per heavy atom. The van der Waals surface area contributed by atoms with Crippen LogP contribution in [0.2, 0.25) is 0 Å². The fourth-order valence-electron chi connectivity index (χ4n) is 3.28. The van der Waals surface area contributed by atoms with Crippen LogP contribution in [0.3, 0.4) is 0 Å². The fourth-order valence-corrected chi connectivity index (χ4v) is 3.28. The second kappa shape index (κ2) is 7.31. The lowest BCUT2D eigenvalue weighted by Gasteiger charge is -2.07. The lowest BCUT2D eigenvalue weighted by Crippen LogP contribution is -2.06. The Labute approximate surface area is 163 Å². The van der Waals surface area contributed by atoms with E-state index in [0.717, 1.165) is 23.2 Å². The lowest BCUT2D eigenvalue weighted by molar-refractivity contribution is 0.430. The van der Waals surface area contributed by atoms with Crippen molar-refractivity contribution in [3.05, 3.63) is 70.9 Å². The first-order valence-corrected chi connectivity index (χ1v) is 9.30. The van der Waals surface area contributed by atoms with Gasteiger partial charge in [-0.05, 0) is 50.1 Å².